The van der Waals surface area contributed by atoms with Gasteiger partial charge in [0.2, 0.25) is 0 Å². The highest BCUT2D eigenvalue weighted by atomic mass is 19.1. The number of fused-ring (bicyclic) bond motifs is 1. The molecule has 2 unspecified atom stereocenters. The number of benzene rings is 1. The van der Waals surface area contributed by atoms with Crippen molar-refractivity contribution in [2.24, 2.45) is 7.05 Å². The van der Waals surface area contributed by atoms with Gasteiger partial charge in [-0.15, -0.1) is 0 Å². The molecule has 0 spiro atoms. The largest absolute Gasteiger partial charge is 0.482 e. The molecule has 5 heterocycles. The van der Waals surface area contributed by atoms with E-state index in [0.717, 1.165) is 34.4 Å². The Kier molecular flexibility index (Phi) is 4.05. The third-order valence-electron chi connectivity index (χ3n) is 6.25. The van der Waals surface area contributed by atoms with E-state index in [0.29, 0.717) is 11.4 Å². The lowest BCUT2D eigenvalue weighted by molar-refractivity contribution is 0.0374. The highest BCUT2D eigenvalue weighted by molar-refractivity contribution is 5.74. The zero-order chi connectivity index (χ0) is 21.2. The quantitative estimate of drug-likeness (QED) is 0.615. The van der Waals surface area contributed by atoms with Crippen LogP contribution in [0.1, 0.15) is 54.0 Å². The van der Waals surface area contributed by atoms with E-state index in [4.69, 9.17) is 10.5 Å². The number of anilines is 1. The Balaban J connectivity index is 1.77. The summed E-state index contributed by atoms with van der Waals surface area (Å²) in [6.45, 7) is 1.88. The Labute approximate surface area is 173 Å². The first kappa shape index (κ1) is 18.6. The number of hydrogen-bond donors (Lipinski definition) is 1. The number of aryl methyl sites for hydroxylation is 1. The standard InChI is InChI=1S/C22H21FN6O/c1-11-15-7-13(23)4-5-14(15)16-8-17(28(16)2)21-20(18(9-24)29(3)27-21)12-6-19(30-11)22(25)26-10-12/h4-7,10-11,16-17H,8H2,1-3H3,(H2,25,26)/t11-,16?,17?/m1/s1. The summed E-state index contributed by atoms with van der Waals surface area (Å²) in [6, 6.07) is 9.02. The molecule has 2 aromatic heterocycles. The van der Waals surface area contributed by atoms with Crippen molar-refractivity contribution in [1.29, 1.82) is 5.26 Å². The fourth-order valence-corrected chi connectivity index (χ4v) is 4.61. The highest BCUT2D eigenvalue weighted by Gasteiger charge is 2.42. The summed E-state index contributed by atoms with van der Waals surface area (Å²) in [5, 5.41) is 14.4. The second kappa shape index (κ2) is 6.54. The summed E-state index contributed by atoms with van der Waals surface area (Å²) in [6.07, 6.45) is 2.03. The molecule has 3 aliphatic rings. The molecule has 3 aromatic rings. The van der Waals surface area contributed by atoms with Crippen LogP contribution in [0.4, 0.5) is 10.2 Å². The number of rotatable bonds is 0. The van der Waals surface area contributed by atoms with Gasteiger partial charge in [0.05, 0.1) is 11.7 Å². The smallest absolute Gasteiger partial charge is 0.166 e. The molecular weight excluding hydrogens is 383 g/mol. The molecule has 0 amide bonds. The van der Waals surface area contributed by atoms with Crippen molar-refractivity contribution < 1.29 is 9.13 Å². The second-order valence-electron chi connectivity index (χ2n) is 7.92. The average Bonchev–Trinajstić information content (AvgIpc) is 3.04. The third kappa shape index (κ3) is 2.59. The minimum atomic E-state index is -0.425. The summed E-state index contributed by atoms with van der Waals surface area (Å²) in [5.74, 6) is 0.337. The van der Waals surface area contributed by atoms with E-state index >= 15 is 0 Å². The normalized spacial score (nSPS) is 22.4. The minimum Gasteiger partial charge on any atom is -0.482 e. The number of halogens is 1. The van der Waals surface area contributed by atoms with E-state index in [1.165, 1.54) is 12.1 Å². The maximum atomic E-state index is 14.1. The molecule has 1 fully saturated rings. The van der Waals surface area contributed by atoms with Crippen LogP contribution in [0.2, 0.25) is 0 Å². The number of hydrogen-bond acceptors (Lipinski definition) is 6. The van der Waals surface area contributed by atoms with Gasteiger partial charge in [-0.3, -0.25) is 9.58 Å². The minimum absolute atomic E-state index is 0.0351. The molecule has 3 atom stereocenters. The predicted molar refractivity (Wildman–Crippen MR) is 109 cm³/mol. The lowest BCUT2D eigenvalue weighted by Crippen LogP contribution is -2.42. The number of pyridine rings is 1. The molecule has 0 aliphatic carbocycles. The van der Waals surface area contributed by atoms with Gasteiger partial charge in [-0.1, -0.05) is 6.07 Å². The molecule has 8 heteroatoms. The fourth-order valence-electron chi connectivity index (χ4n) is 4.61. The van der Waals surface area contributed by atoms with Gasteiger partial charge in [-0.2, -0.15) is 10.4 Å². The van der Waals surface area contributed by atoms with Gasteiger partial charge in [0.15, 0.2) is 11.6 Å². The van der Waals surface area contributed by atoms with Gasteiger partial charge in [0.25, 0.3) is 0 Å². The number of aromatic nitrogens is 3. The van der Waals surface area contributed by atoms with Crippen LogP contribution in [0.5, 0.6) is 5.75 Å². The zero-order valence-corrected chi connectivity index (χ0v) is 16.9. The summed E-state index contributed by atoms with van der Waals surface area (Å²) in [7, 11) is 3.79. The molecule has 1 saturated heterocycles. The van der Waals surface area contributed by atoms with Crippen molar-refractivity contribution in [2.45, 2.75) is 31.5 Å². The van der Waals surface area contributed by atoms with E-state index in [1.54, 1.807) is 24.0 Å². The molecule has 7 nitrogen and oxygen atoms in total. The first-order valence-electron chi connectivity index (χ1n) is 9.79. The lowest BCUT2D eigenvalue weighted by Gasteiger charge is -2.47. The molecule has 2 N–H and O–H groups in total. The van der Waals surface area contributed by atoms with E-state index in [2.05, 4.69) is 21.1 Å². The highest BCUT2D eigenvalue weighted by Crippen LogP contribution is 2.51. The van der Waals surface area contributed by atoms with Crippen LogP contribution in [0.25, 0.3) is 11.1 Å². The number of nitrogens with zero attached hydrogens (tertiary/aromatic N) is 5. The SMILES string of the molecule is C[C@H]1Oc2cc(cnc2N)-c2c(nn(C)c2C#N)C2CC(c3ccc(F)cc31)N2C. The number of nitriles is 1. The summed E-state index contributed by atoms with van der Waals surface area (Å²) in [5.41, 5.74) is 10.6. The first-order chi connectivity index (χ1) is 14.4. The van der Waals surface area contributed by atoms with Gasteiger partial charge in [0.1, 0.15) is 23.7 Å². The number of nitrogen functional groups attached to an aromatic ring is 1. The Morgan fingerprint density at radius 3 is 2.77 bits per heavy atom. The van der Waals surface area contributed by atoms with Crippen LogP contribution in [-0.4, -0.2) is 26.7 Å². The van der Waals surface area contributed by atoms with Gasteiger partial charge in [0, 0.05) is 30.4 Å². The second-order valence-corrected chi connectivity index (χ2v) is 7.92. The van der Waals surface area contributed by atoms with E-state index < -0.39 is 6.10 Å². The molecular formula is C22H21FN6O. The van der Waals surface area contributed by atoms with Crippen LogP contribution in [0, 0.1) is 17.1 Å². The van der Waals surface area contributed by atoms with Crippen LogP contribution in [0.15, 0.2) is 30.5 Å². The van der Waals surface area contributed by atoms with Crippen molar-refractivity contribution in [3.63, 3.8) is 0 Å². The van der Waals surface area contributed by atoms with Crippen LogP contribution >= 0.6 is 0 Å². The van der Waals surface area contributed by atoms with Gasteiger partial charge in [-0.25, -0.2) is 9.37 Å². The summed E-state index contributed by atoms with van der Waals surface area (Å²) < 4.78 is 21.9. The molecule has 1 aromatic carbocycles. The van der Waals surface area contributed by atoms with Crippen molar-refractivity contribution in [3.05, 3.63) is 58.8 Å². The number of nitrogens with two attached hydrogens (primary N) is 1. The van der Waals surface area contributed by atoms with Crippen molar-refractivity contribution in [1.82, 2.24) is 19.7 Å². The molecule has 4 bridgehead atoms. The Morgan fingerprint density at radius 1 is 1.23 bits per heavy atom. The van der Waals surface area contributed by atoms with Crippen LogP contribution in [0.3, 0.4) is 0 Å². The lowest BCUT2D eigenvalue weighted by atomic mass is 9.81. The molecule has 3 aliphatic heterocycles. The van der Waals surface area contributed by atoms with Gasteiger partial charge >= 0.3 is 0 Å². The summed E-state index contributed by atoms with van der Waals surface area (Å²) >= 11 is 0. The maximum absolute atomic E-state index is 14.1. The van der Waals surface area contributed by atoms with Crippen molar-refractivity contribution in [2.75, 3.05) is 12.8 Å². The molecule has 152 valence electrons. The van der Waals surface area contributed by atoms with Crippen LogP contribution in [-0.2, 0) is 7.05 Å². The molecule has 0 saturated carbocycles. The maximum Gasteiger partial charge on any atom is 0.166 e. The van der Waals surface area contributed by atoms with Crippen LogP contribution < -0.4 is 10.5 Å². The van der Waals surface area contributed by atoms with E-state index in [9.17, 15) is 9.65 Å². The first-order valence-corrected chi connectivity index (χ1v) is 9.79. The zero-order valence-electron chi connectivity index (χ0n) is 16.9. The Hall–Kier alpha value is -3.44. The van der Waals surface area contributed by atoms with Gasteiger partial charge < -0.3 is 10.5 Å². The predicted octanol–water partition coefficient (Wildman–Crippen LogP) is 3.65. The topological polar surface area (TPSA) is 93.0 Å². The van der Waals surface area contributed by atoms with E-state index in [-0.39, 0.29) is 23.7 Å². The monoisotopic (exact) mass is 404 g/mol. The average molecular weight is 404 g/mol. The van der Waals surface area contributed by atoms with Crippen molar-refractivity contribution in [3.8, 4) is 22.9 Å². The fraction of sp³-hybridized carbons (Fsp3) is 0.318. The Morgan fingerprint density at radius 2 is 2.03 bits per heavy atom. The molecule has 0 radical (unpaired) electrons. The van der Waals surface area contributed by atoms with E-state index in [1.807, 2.05) is 20.0 Å². The van der Waals surface area contributed by atoms with Gasteiger partial charge in [-0.05, 0) is 49.7 Å². The summed E-state index contributed by atoms with van der Waals surface area (Å²) in [4.78, 5) is 6.51. The third-order valence-corrected chi connectivity index (χ3v) is 6.25. The Bertz CT molecular complexity index is 1210. The molecule has 30 heavy (non-hydrogen) atoms. The number of ether oxygens (including phenoxy) is 1. The molecule has 6 rings (SSSR count). The van der Waals surface area contributed by atoms with Crippen molar-refractivity contribution >= 4 is 5.82 Å².